The van der Waals surface area contributed by atoms with Crippen molar-refractivity contribution in [1.29, 1.82) is 0 Å². The largest absolute Gasteiger partial charge is 0.393 e. The standard InChI is InChI=1S/C11H23NO/c1-11(2,3)6-9-12-7-4-10(13)5-8-12/h10,13H,4-9H2,1-3H3. The highest BCUT2D eigenvalue weighted by atomic mass is 16.3. The van der Waals surface area contributed by atoms with Crippen molar-refractivity contribution in [2.24, 2.45) is 5.41 Å². The SMILES string of the molecule is CC(C)(C)CCN1CCC(O)CC1. The van der Waals surface area contributed by atoms with E-state index in [-0.39, 0.29) is 6.10 Å². The molecule has 0 aromatic rings. The molecule has 0 aliphatic carbocycles. The highest BCUT2D eigenvalue weighted by Gasteiger charge is 2.18. The lowest BCUT2D eigenvalue weighted by molar-refractivity contribution is 0.0774. The molecule has 0 saturated carbocycles. The summed E-state index contributed by atoms with van der Waals surface area (Å²) in [5.41, 5.74) is 0.441. The molecule has 0 spiro atoms. The van der Waals surface area contributed by atoms with Crippen LogP contribution in [0.15, 0.2) is 0 Å². The maximum absolute atomic E-state index is 9.33. The van der Waals surface area contributed by atoms with E-state index in [9.17, 15) is 5.11 Å². The summed E-state index contributed by atoms with van der Waals surface area (Å²) < 4.78 is 0. The number of likely N-dealkylation sites (tertiary alicyclic amines) is 1. The van der Waals surface area contributed by atoms with E-state index in [1.807, 2.05) is 0 Å². The van der Waals surface area contributed by atoms with E-state index in [4.69, 9.17) is 0 Å². The molecule has 0 radical (unpaired) electrons. The molecular formula is C11H23NO. The van der Waals surface area contributed by atoms with Gasteiger partial charge in [-0.3, -0.25) is 0 Å². The van der Waals surface area contributed by atoms with Gasteiger partial charge in [0.25, 0.3) is 0 Å². The van der Waals surface area contributed by atoms with Crippen molar-refractivity contribution in [2.45, 2.75) is 46.1 Å². The Morgan fingerprint density at radius 3 is 2.23 bits per heavy atom. The summed E-state index contributed by atoms with van der Waals surface area (Å²) in [5, 5.41) is 9.33. The third-order valence-electron chi connectivity index (χ3n) is 2.74. The van der Waals surface area contributed by atoms with Gasteiger partial charge in [0.05, 0.1) is 6.10 Å². The van der Waals surface area contributed by atoms with E-state index in [0.29, 0.717) is 5.41 Å². The van der Waals surface area contributed by atoms with Crippen LogP contribution in [0, 0.1) is 5.41 Å². The molecule has 1 N–H and O–H groups in total. The van der Waals surface area contributed by atoms with Crippen molar-refractivity contribution in [1.82, 2.24) is 4.90 Å². The molecule has 1 fully saturated rings. The average molecular weight is 185 g/mol. The fourth-order valence-electron chi connectivity index (χ4n) is 1.64. The maximum Gasteiger partial charge on any atom is 0.0564 e. The Hall–Kier alpha value is -0.0800. The minimum Gasteiger partial charge on any atom is -0.393 e. The molecule has 2 heteroatoms. The van der Waals surface area contributed by atoms with Gasteiger partial charge in [0.2, 0.25) is 0 Å². The van der Waals surface area contributed by atoms with Crippen molar-refractivity contribution < 1.29 is 5.11 Å². The Morgan fingerprint density at radius 1 is 1.23 bits per heavy atom. The van der Waals surface area contributed by atoms with E-state index in [0.717, 1.165) is 25.9 Å². The molecule has 78 valence electrons. The molecule has 1 aliphatic heterocycles. The Kier molecular flexibility index (Phi) is 3.74. The molecule has 1 saturated heterocycles. The van der Waals surface area contributed by atoms with E-state index in [1.165, 1.54) is 13.0 Å². The van der Waals surface area contributed by atoms with Crippen molar-refractivity contribution >= 4 is 0 Å². The number of hydrogen-bond donors (Lipinski definition) is 1. The molecule has 1 rings (SSSR count). The quantitative estimate of drug-likeness (QED) is 0.710. The molecule has 0 aromatic carbocycles. The Labute approximate surface area is 81.9 Å². The molecule has 0 unspecified atom stereocenters. The molecule has 0 amide bonds. The molecule has 0 atom stereocenters. The molecule has 13 heavy (non-hydrogen) atoms. The minimum absolute atomic E-state index is 0.0362. The second kappa shape index (κ2) is 4.43. The van der Waals surface area contributed by atoms with Gasteiger partial charge in [0, 0.05) is 13.1 Å². The number of rotatable bonds is 2. The molecule has 0 bridgehead atoms. The highest BCUT2D eigenvalue weighted by Crippen LogP contribution is 2.20. The van der Waals surface area contributed by atoms with Crippen LogP contribution in [0.4, 0.5) is 0 Å². The summed E-state index contributed by atoms with van der Waals surface area (Å²) in [7, 11) is 0. The summed E-state index contributed by atoms with van der Waals surface area (Å²) in [5.74, 6) is 0. The zero-order chi connectivity index (χ0) is 9.90. The summed E-state index contributed by atoms with van der Waals surface area (Å²) in [6.45, 7) is 10.2. The number of nitrogens with zero attached hydrogens (tertiary/aromatic N) is 1. The second-order valence-corrected chi connectivity index (χ2v) is 5.38. The lowest BCUT2D eigenvalue weighted by atomic mass is 9.92. The van der Waals surface area contributed by atoms with Gasteiger partial charge in [0.1, 0.15) is 0 Å². The number of aliphatic hydroxyl groups is 1. The zero-order valence-corrected chi connectivity index (χ0v) is 9.21. The molecular weight excluding hydrogens is 162 g/mol. The number of hydrogen-bond acceptors (Lipinski definition) is 2. The first-order chi connectivity index (χ1) is 5.97. The van der Waals surface area contributed by atoms with Gasteiger partial charge in [-0.15, -0.1) is 0 Å². The smallest absolute Gasteiger partial charge is 0.0564 e. The Balaban J connectivity index is 2.16. The van der Waals surface area contributed by atoms with Crippen LogP contribution in [0.2, 0.25) is 0 Å². The zero-order valence-electron chi connectivity index (χ0n) is 9.21. The van der Waals surface area contributed by atoms with Gasteiger partial charge in [-0.05, 0) is 31.2 Å². The van der Waals surface area contributed by atoms with Gasteiger partial charge < -0.3 is 10.0 Å². The van der Waals surface area contributed by atoms with Crippen molar-refractivity contribution in [3.63, 3.8) is 0 Å². The van der Waals surface area contributed by atoms with Crippen LogP contribution in [0.5, 0.6) is 0 Å². The number of piperidine rings is 1. The fraction of sp³-hybridized carbons (Fsp3) is 1.00. The van der Waals surface area contributed by atoms with Crippen LogP contribution in [0.25, 0.3) is 0 Å². The summed E-state index contributed by atoms with van der Waals surface area (Å²) in [6.07, 6.45) is 3.14. The van der Waals surface area contributed by atoms with Gasteiger partial charge >= 0.3 is 0 Å². The lowest BCUT2D eigenvalue weighted by Gasteiger charge is -2.31. The third-order valence-corrected chi connectivity index (χ3v) is 2.74. The van der Waals surface area contributed by atoms with Gasteiger partial charge in [-0.2, -0.15) is 0 Å². The van der Waals surface area contributed by atoms with Crippen LogP contribution in [0.3, 0.4) is 0 Å². The first-order valence-electron chi connectivity index (χ1n) is 5.38. The summed E-state index contributed by atoms with van der Waals surface area (Å²) in [6, 6.07) is 0. The molecule has 1 aliphatic rings. The average Bonchev–Trinajstić information content (AvgIpc) is 2.02. The van der Waals surface area contributed by atoms with Crippen LogP contribution < -0.4 is 0 Å². The minimum atomic E-state index is -0.0362. The van der Waals surface area contributed by atoms with Crippen molar-refractivity contribution in [3.05, 3.63) is 0 Å². The van der Waals surface area contributed by atoms with Crippen LogP contribution in [-0.2, 0) is 0 Å². The van der Waals surface area contributed by atoms with Gasteiger partial charge in [-0.1, -0.05) is 20.8 Å². The predicted molar refractivity (Wildman–Crippen MR) is 55.8 cm³/mol. The Bertz CT molecular complexity index is 143. The van der Waals surface area contributed by atoms with E-state index in [1.54, 1.807) is 0 Å². The number of aliphatic hydroxyl groups excluding tert-OH is 1. The molecule has 2 nitrogen and oxygen atoms in total. The summed E-state index contributed by atoms with van der Waals surface area (Å²) in [4.78, 5) is 2.47. The fourth-order valence-corrected chi connectivity index (χ4v) is 1.64. The van der Waals surface area contributed by atoms with Crippen LogP contribution in [0.1, 0.15) is 40.0 Å². The first kappa shape index (κ1) is 11.0. The second-order valence-electron chi connectivity index (χ2n) is 5.38. The van der Waals surface area contributed by atoms with Gasteiger partial charge in [0.15, 0.2) is 0 Å². The normalized spacial score (nSPS) is 22.2. The van der Waals surface area contributed by atoms with E-state index < -0.39 is 0 Å². The molecule has 1 heterocycles. The maximum atomic E-state index is 9.33. The van der Waals surface area contributed by atoms with E-state index >= 15 is 0 Å². The van der Waals surface area contributed by atoms with Crippen molar-refractivity contribution in [2.75, 3.05) is 19.6 Å². The van der Waals surface area contributed by atoms with Gasteiger partial charge in [-0.25, -0.2) is 0 Å². The Morgan fingerprint density at radius 2 is 1.77 bits per heavy atom. The molecule has 0 aromatic heterocycles. The topological polar surface area (TPSA) is 23.5 Å². The monoisotopic (exact) mass is 185 g/mol. The predicted octanol–water partition coefficient (Wildman–Crippen LogP) is 1.88. The van der Waals surface area contributed by atoms with Crippen LogP contribution in [-0.4, -0.2) is 35.7 Å². The lowest BCUT2D eigenvalue weighted by Crippen LogP contribution is -2.37. The third kappa shape index (κ3) is 4.63. The van der Waals surface area contributed by atoms with E-state index in [2.05, 4.69) is 25.7 Å². The highest BCUT2D eigenvalue weighted by molar-refractivity contribution is 4.73. The summed E-state index contributed by atoms with van der Waals surface area (Å²) >= 11 is 0. The first-order valence-corrected chi connectivity index (χ1v) is 5.38. The van der Waals surface area contributed by atoms with Crippen LogP contribution >= 0.6 is 0 Å². The van der Waals surface area contributed by atoms with Crippen molar-refractivity contribution in [3.8, 4) is 0 Å².